The predicted octanol–water partition coefficient (Wildman–Crippen LogP) is 3.87. The minimum Gasteiger partial charge on any atom is -0.488 e. The lowest BCUT2D eigenvalue weighted by molar-refractivity contribution is 0.0880. The van der Waals surface area contributed by atoms with E-state index in [4.69, 9.17) is 4.74 Å². The van der Waals surface area contributed by atoms with Gasteiger partial charge in [0.25, 0.3) is 0 Å². The molecular weight excluding hydrogens is 397 g/mol. The first-order valence-corrected chi connectivity index (χ1v) is 9.00. The standard InChI is InChI=1S/C21H23N3O2.2ClH/c25-19-14-22-11-10-18(19)24-13-12-23-21(24)17-8-4-5-9-20(17)26-15-16-6-2-1-3-7-16;;/h1-9,12-13,18-19,22,25H,10-11,14-15H2;2*1H/t18-,19-;;/m0../s1. The first-order chi connectivity index (χ1) is 12.8. The van der Waals surface area contributed by atoms with E-state index in [9.17, 15) is 5.11 Å². The Hall–Kier alpha value is -2.05. The normalized spacial score (nSPS) is 18.6. The fourth-order valence-electron chi connectivity index (χ4n) is 3.45. The van der Waals surface area contributed by atoms with E-state index in [2.05, 4.69) is 27.0 Å². The van der Waals surface area contributed by atoms with Crippen LogP contribution in [0.25, 0.3) is 11.4 Å². The average molecular weight is 422 g/mol. The third kappa shape index (κ3) is 4.86. The minimum absolute atomic E-state index is 0. The van der Waals surface area contributed by atoms with Crippen LogP contribution < -0.4 is 10.1 Å². The molecule has 28 heavy (non-hydrogen) atoms. The van der Waals surface area contributed by atoms with Gasteiger partial charge in [-0.3, -0.25) is 0 Å². The third-order valence-corrected chi connectivity index (χ3v) is 4.81. The molecule has 1 fully saturated rings. The Morgan fingerprint density at radius 1 is 1.07 bits per heavy atom. The Balaban J connectivity index is 0.00000140. The van der Waals surface area contributed by atoms with E-state index in [1.807, 2.05) is 48.7 Å². The van der Waals surface area contributed by atoms with Gasteiger partial charge in [0.2, 0.25) is 0 Å². The highest BCUT2D eigenvalue weighted by molar-refractivity contribution is 5.85. The number of benzene rings is 2. The maximum absolute atomic E-state index is 10.4. The first kappa shape index (κ1) is 22.2. The Morgan fingerprint density at radius 3 is 2.61 bits per heavy atom. The quantitative estimate of drug-likeness (QED) is 0.656. The zero-order valence-electron chi connectivity index (χ0n) is 15.4. The number of rotatable bonds is 5. The highest BCUT2D eigenvalue weighted by atomic mass is 35.5. The van der Waals surface area contributed by atoms with Crippen LogP contribution in [-0.2, 0) is 6.61 Å². The van der Waals surface area contributed by atoms with E-state index >= 15 is 0 Å². The van der Waals surface area contributed by atoms with Crippen LogP contribution in [0.1, 0.15) is 18.0 Å². The van der Waals surface area contributed by atoms with Gasteiger partial charge in [0.05, 0.1) is 17.7 Å². The molecule has 0 amide bonds. The Bertz CT molecular complexity index is 858. The van der Waals surface area contributed by atoms with Gasteiger partial charge in [-0.25, -0.2) is 4.98 Å². The van der Waals surface area contributed by atoms with Gasteiger partial charge in [0.1, 0.15) is 18.2 Å². The molecule has 0 spiro atoms. The van der Waals surface area contributed by atoms with Crippen LogP contribution in [-0.4, -0.2) is 33.9 Å². The second-order valence-corrected chi connectivity index (χ2v) is 6.56. The molecule has 3 aromatic rings. The summed E-state index contributed by atoms with van der Waals surface area (Å²) in [4.78, 5) is 4.56. The summed E-state index contributed by atoms with van der Waals surface area (Å²) in [6.07, 6.45) is 4.19. The second-order valence-electron chi connectivity index (χ2n) is 6.56. The molecular formula is C21H25Cl2N3O2. The van der Waals surface area contributed by atoms with Gasteiger partial charge in [-0.2, -0.15) is 0 Å². The van der Waals surface area contributed by atoms with Crippen molar-refractivity contribution < 1.29 is 9.84 Å². The molecule has 1 aliphatic heterocycles. The van der Waals surface area contributed by atoms with E-state index in [1.54, 1.807) is 6.20 Å². The van der Waals surface area contributed by atoms with E-state index in [-0.39, 0.29) is 30.9 Å². The number of ether oxygens (including phenoxy) is 1. The van der Waals surface area contributed by atoms with E-state index in [0.717, 1.165) is 35.7 Å². The third-order valence-electron chi connectivity index (χ3n) is 4.81. The lowest BCUT2D eigenvalue weighted by Gasteiger charge is -2.30. The highest BCUT2D eigenvalue weighted by Crippen LogP contribution is 2.32. The summed E-state index contributed by atoms with van der Waals surface area (Å²) in [5.41, 5.74) is 2.07. The van der Waals surface area contributed by atoms with Gasteiger partial charge >= 0.3 is 0 Å². The molecule has 0 bridgehead atoms. The van der Waals surface area contributed by atoms with Crippen molar-refractivity contribution in [1.29, 1.82) is 0 Å². The molecule has 150 valence electrons. The smallest absolute Gasteiger partial charge is 0.143 e. The molecule has 2 atom stereocenters. The van der Waals surface area contributed by atoms with Gasteiger partial charge in [-0.1, -0.05) is 42.5 Å². The molecule has 0 radical (unpaired) electrons. The molecule has 0 saturated carbocycles. The van der Waals surface area contributed by atoms with Crippen LogP contribution in [0.5, 0.6) is 5.75 Å². The van der Waals surface area contributed by atoms with Crippen molar-refractivity contribution in [3.63, 3.8) is 0 Å². The molecule has 0 aliphatic carbocycles. The van der Waals surface area contributed by atoms with Crippen molar-refractivity contribution in [2.24, 2.45) is 0 Å². The molecule has 4 rings (SSSR count). The number of hydrogen-bond acceptors (Lipinski definition) is 4. The number of aromatic nitrogens is 2. The maximum atomic E-state index is 10.4. The summed E-state index contributed by atoms with van der Waals surface area (Å²) in [6, 6.07) is 18.1. The molecule has 0 unspecified atom stereocenters. The van der Waals surface area contributed by atoms with Crippen molar-refractivity contribution in [2.45, 2.75) is 25.2 Å². The van der Waals surface area contributed by atoms with Crippen molar-refractivity contribution in [1.82, 2.24) is 14.9 Å². The molecule has 1 aromatic heterocycles. The van der Waals surface area contributed by atoms with E-state index < -0.39 is 6.10 Å². The van der Waals surface area contributed by atoms with E-state index in [1.165, 1.54) is 0 Å². The number of nitrogens with one attached hydrogen (secondary N) is 1. The number of β-amino-alcohol motifs (C(OH)–C–C–N with tert-alkyl or cyclic N) is 1. The highest BCUT2D eigenvalue weighted by Gasteiger charge is 2.27. The number of imidazole rings is 1. The van der Waals surface area contributed by atoms with Crippen molar-refractivity contribution in [2.75, 3.05) is 13.1 Å². The van der Waals surface area contributed by atoms with Crippen LogP contribution in [0.3, 0.4) is 0 Å². The molecule has 2 heterocycles. The molecule has 2 N–H and O–H groups in total. The monoisotopic (exact) mass is 421 g/mol. The zero-order valence-corrected chi connectivity index (χ0v) is 17.0. The summed E-state index contributed by atoms with van der Waals surface area (Å²) in [5.74, 6) is 1.63. The summed E-state index contributed by atoms with van der Waals surface area (Å²) in [6.45, 7) is 2.01. The molecule has 2 aromatic carbocycles. The number of hydrogen-bond donors (Lipinski definition) is 2. The van der Waals surface area contributed by atoms with Gasteiger partial charge in [0.15, 0.2) is 0 Å². The van der Waals surface area contributed by atoms with Gasteiger partial charge in [0, 0.05) is 18.9 Å². The first-order valence-electron chi connectivity index (χ1n) is 9.00. The Morgan fingerprint density at radius 2 is 1.82 bits per heavy atom. The van der Waals surface area contributed by atoms with Crippen molar-refractivity contribution in [3.05, 3.63) is 72.6 Å². The second kappa shape index (κ2) is 10.5. The largest absolute Gasteiger partial charge is 0.488 e. The van der Waals surface area contributed by atoms with E-state index in [0.29, 0.717) is 13.2 Å². The van der Waals surface area contributed by atoms with Crippen LogP contribution in [0, 0.1) is 0 Å². The van der Waals surface area contributed by atoms with Crippen molar-refractivity contribution >= 4 is 24.8 Å². The minimum atomic E-state index is -0.422. The molecule has 1 saturated heterocycles. The van der Waals surface area contributed by atoms with Crippen LogP contribution >= 0.6 is 24.8 Å². The lowest BCUT2D eigenvalue weighted by Crippen LogP contribution is -2.41. The van der Waals surface area contributed by atoms with Gasteiger partial charge < -0.3 is 19.7 Å². The molecule has 7 heteroatoms. The van der Waals surface area contributed by atoms with Crippen LogP contribution in [0.4, 0.5) is 0 Å². The molecule has 1 aliphatic rings. The Labute approximate surface area is 177 Å². The number of aliphatic hydroxyl groups excluding tert-OH is 1. The number of nitrogens with zero attached hydrogens (tertiary/aromatic N) is 2. The number of aliphatic hydroxyl groups is 1. The van der Waals surface area contributed by atoms with Crippen LogP contribution in [0.15, 0.2) is 67.0 Å². The number of para-hydroxylation sites is 1. The van der Waals surface area contributed by atoms with Crippen LogP contribution in [0.2, 0.25) is 0 Å². The topological polar surface area (TPSA) is 59.3 Å². The van der Waals surface area contributed by atoms with Gasteiger partial charge in [-0.05, 0) is 30.7 Å². The number of halogens is 2. The number of piperidine rings is 1. The fourth-order valence-corrected chi connectivity index (χ4v) is 3.45. The SMILES string of the molecule is Cl.Cl.O[C@H]1CNCC[C@@H]1n1ccnc1-c1ccccc1OCc1ccccc1. The lowest BCUT2D eigenvalue weighted by atomic mass is 10.0. The van der Waals surface area contributed by atoms with Crippen molar-refractivity contribution in [3.8, 4) is 17.1 Å². The maximum Gasteiger partial charge on any atom is 0.143 e. The zero-order chi connectivity index (χ0) is 17.8. The predicted molar refractivity (Wildman–Crippen MR) is 115 cm³/mol. The summed E-state index contributed by atoms with van der Waals surface area (Å²) in [7, 11) is 0. The summed E-state index contributed by atoms with van der Waals surface area (Å²) >= 11 is 0. The molecule has 5 nitrogen and oxygen atoms in total. The Kier molecular flexibility index (Phi) is 8.33. The average Bonchev–Trinajstić information content (AvgIpc) is 3.17. The summed E-state index contributed by atoms with van der Waals surface area (Å²) in [5, 5.41) is 13.6. The van der Waals surface area contributed by atoms with Gasteiger partial charge in [-0.15, -0.1) is 24.8 Å². The summed E-state index contributed by atoms with van der Waals surface area (Å²) < 4.78 is 8.17. The fraction of sp³-hybridized carbons (Fsp3) is 0.286.